The minimum absolute atomic E-state index is 0.0878. The molecule has 1 aromatic heterocycles. The molecule has 1 amide bonds. The lowest BCUT2D eigenvalue weighted by molar-refractivity contribution is -0.127. The highest BCUT2D eigenvalue weighted by molar-refractivity contribution is 5.53. The number of ether oxygens (including phenoxy) is 2. The van der Waals surface area contributed by atoms with Crippen LogP contribution in [0.2, 0.25) is 0 Å². The van der Waals surface area contributed by atoms with E-state index in [0.717, 1.165) is 12.0 Å². The van der Waals surface area contributed by atoms with Gasteiger partial charge in [-0.15, -0.1) is 0 Å². The summed E-state index contributed by atoms with van der Waals surface area (Å²) >= 11 is 0. The molecular weight excluding hydrogens is 246 g/mol. The third-order valence-electron chi connectivity index (χ3n) is 3.50. The second-order valence-electron chi connectivity index (χ2n) is 4.57. The van der Waals surface area contributed by atoms with Crippen molar-refractivity contribution in [2.45, 2.75) is 18.2 Å². The van der Waals surface area contributed by atoms with E-state index in [1.807, 2.05) is 12.1 Å². The lowest BCUT2D eigenvalue weighted by Gasteiger charge is -2.36. The molecule has 3 heterocycles. The molecule has 6 nitrogen and oxygen atoms in total. The molecule has 6 heteroatoms. The Morgan fingerprint density at radius 3 is 3.21 bits per heavy atom. The Balaban J connectivity index is 1.82. The maximum Gasteiger partial charge on any atom is 0.210 e. The van der Waals surface area contributed by atoms with E-state index in [-0.39, 0.29) is 18.2 Å². The van der Waals surface area contributed by atoms with Gasteiger partial charge in [-0.05, 0) is 6.07 Å². The highest BCUT2D eigenvalue weighted by Crippen LogP contribution is 2.31. The Morgan fingerprint density at radius 1 is 1.47 bits per heavy atom. The van der Waals surface area contributed by atoms with Crippen LogP contribution in [0.3, 0.4) is 0 Å². The summed E-state index contributed by atoms with van der Waals surface area (Å²) in [7, 11) is 0. The van der Waals surface area contributed by atoms with Crippen molar-refractivity contribution in [3.8, 4) is 0 Å². The molecule has 3 rings (SSSR count). The van der Waals surface area contributed by atoms with E-state index in [4.69, 9.17) is 9.47 Å². The topological polar surface area (TPSA) is 64.0 Å². The molecule has 2 aliphatic heterocycles. The van der Waals surface area contributed by atoms with Gasteiger partial charge in [-0.1, -0.05) is 6.07 Å². The van der Waals surface area contributed by atoms with E-state index in [2.05, 4.69) is 9.98 Å². The second kappa shape index (κ2) is 5.36. The number of amides is 1. The molecule has 0 saturated carbocycles. The van der Waals surface area contributed by atoms with Crippen LogP contribution >= 0.6 is 0 Å². The molecule has 19 heavy (non-hydrogen) atoms. The summed E-state index contributed by atoms with van der Waals surface area (Å²) in [5, 5.41) is 0. The van der Waals surface area contributed by atoms with E-state index in [1.165, 1.54) is 6.40 Å². The Kier molecular flexibility index (Phi) is 3.41. The largest absolute Gasteiger partial charge is 0.473 e. The number of aliphatic imine (C=N–C) groups is 1. The maximum atomic E-state index is 11.1. The molecule has 100 valence electrons. The Morgan fingerprint density at radius 2 is 2.42 bits per heavy atom. The summed E-state index contributed by atoms with van der Waals surface area (Å²) in [6.45, 7) is 1.66. The van der Waals surface area contributed by atoms with Gasteiger partial charge in [0.25, 0.3) is 0 Å². The normalized spacial score (nSPS) is 30.1. The fraction of sp³-hybridized carbons (Fsp3) is 0.462. The highest BCUT2D eigenvalue weighted by Gasteiger charge is 2.39. The molecule has 0 radical (unpaired) electrons. The standard InChI is InChI=1S/C13H15N3O3/c17-9-16-4-5-18-7-11(16)12-13(19-8-15-12)10-2-1-3-14-6-10/h1-3,6,8-9,11-13H,4-5,7H2. The van der Waals surface area contributed by atoms with E-state index < -0.39 is 0 Å². The summed E-state index contributed by atoms with van der Waals surface area (Å²) < 4.78 is 11.0. The van der Waals surface area contributed by atoms with Crippen LogP contribution in [0.5, 0.6) is 0 Å². The first-order chi connectivity index (χ1) is 9.40. The number of aromatic nitrogens is 1. The molecule has 1 fully saturated rings. The Labute approximate surface area is 111 Å². The minimum atomic E-state index is -0.206. The van der Waals surface area contributed by atoms with Crippen molar-refractivity contribution in [1.29, 1.82) is 0 Å². The monoisotopic (exact) mass is 261 g/mol. The van der Waals surface area contributed by atoms with Gasteiger partial charge < -0.3 is 14.4 Å². The van der Waals surface area contributed by atoms with Gasteiger partial charge in [0, 0.05) is 24.5 Å². The van der Waals surface area contributed by atoms with Crippen molar-refractivity contribution in [3.05, 3.63) is 30.1 Å². The minimum Gasteiger partial charge on any atom is -0.473 e. The average Bonchev–Trinajstić information content (AvgIpc) is 2.97. The molecule has 0 N–H and O–H groups in total. The van der Waals surface area contributed by atoms with Crippen LogP contribution in [0, 0.1) is 0 Å². The van der Waals surface area contributed by atoms with Crippen molar-refractivity contribution in [2.75, 3.05) is 19.8 Å². The van der Waals surface area contributed by atoms with Crippen molar-refractivity contribution >= 4 is 12.8 Å². The van der Waals surface area contributed by atoms with Gasteiger partial charge in [0.15, 0.2) is 12.5 Å². The summed E-state index contributed by atoms with van der Waals surface area (Å²) in [4.78, 5) is 21.3. The van der Waals surface area contributed by atoms with Gasteiger partial charge in [-0.2, -0.15) is 0 Å². The predicted molar refractivity (Wildman–Crippen MR) is 67.7 cm³/mol. The number of nitrogens with zero attached hydrogens (tertiary/aromatic N) is 3. The first-order valence-electron chi connectivity index (χ1n) is 6.26. The number of hydrogen-bond acceptors (Lipinski definition) is 5. The SMILES string of the molecule is O=CN1CCOCC1C1N=COC1c1cccnc1. The molecule has 0 aromatic carbocycles. The smallest absolute Gasteiger partial charge is 0.210 e. The average molecular weight is 261 g/mol. The fourth-order valence-electron chi connectivity index (χ4n) is 2.51. The van der Waals surface area contributed by atoms with Gasteiger partial charge in [-0.3, -0.25) is 9.78 Å². The van der Waals surface area contributed by atoms with Crippen LogP contribution in [0.25, 0.3) is 0 Å². The molecule has 0 aliphatic carbocycles. The number of carbonyl (C=O) groups excluding carboxylic acids is 1. The van der Waals surface area contributed by atoms with Crippen molar-refractivity contribution in [1.82, 2.24) is 9.88 Å². The number of rotatable bonds is 3. The zero-order valence-corrected chi connectivity index (χ0v) is 10.4. The molecular formula is C13H15N3O3. The predicted octanol–water partition coefficient (Wildman–Crippen LogP) is 0.407. The zero-order chi connectivity index (χ0) is 13.1. The first-order valence-corrected chi connectivity index (χ1v) is 6.26. The summed E-state index contributed by atoms with van der Waals surface area (Å²) in [6, 6.07) is 3.59. The van der Waals surface area contributed by atoms with Gasteiger partial charge in [0.1, 0.15) is 6.04 Å². The summed E-state index contributed by atoms with van der Waals surface area (Å²) in [5.74, 6) is 0. The van der Waals surface area contributed by atoms with E-state index in [0.29, 0.717) is 19.8 Å². The lowest BCUT2D eigenvalue weighted by atomic mass is 9.97. The third-order valence-corrected chi connectivity index (χ3v) is 3.50. The van der Waals surface area contributed by atoms with Gasteiger partial charge in [-0.25, -0.2) is 4.99 Å². The number of hydrogen-bond donors (Lipinski definition) is 0. The van der Waals surface area contributed by atoms with Gasteiger partial charge in [0.2, 0.25) is 6.41 Å². The van der Waals surface area contributed by atoms with Crippen LogP contribution in [-0.4, -0.2) is 54.5 Å². The van der Waals surface area contributed by atoms with E-state index in [9.17, 15) is 4.79 Å². The van der Waals surface area contributed by atoms with E-state index in [1.54, 1.807) is 17.3 Å². The van der Waals surface area contributed by atoms with Crippen LogP contribution in [-0.2, 0) is 14.3 Å². The Hall–Kier alpha value is -1.95. The summed E-state index contributed by atoms with van der Waals surface area (Å²) in [6.07, 6.45) is 5.60. The van der Waals surface area contributed by atoms with Crippen molar-refractivity contribution < 1.29 is 14.3 Å². The van der Waals surface area contributed by atoms with Crippen LogP contribution in [0.4, 0.5) is 0 Å². The number of carbonyl (C=O) groups is 1. The molecule has 3 unspecified atom stereocenters. The van der Waals surface area contributed by atoms with Crippen LogP contribution in [0.1, 0.15) is 11.7 Å². The molecule has 0 spiro atoms. The van der Waals surface area contributed by atoms with Crippen LogP contribution < -0.4 is 0 Å². The lowest BCUT2D eigenvalue weighted by Crippen LogP contribution is -2.51. The summed E-state index contributed by atoms with van der Waals surface area (Å²) in [5.41, 5.74) is 0.960. The third kappa shape index (κ3) is 2.31. The number of morpholine rings is 1. The van der Waals surface area contributed by atoms with Crippen LogP contribution in [0.15, 0.2) is 29.5 Å². The van der Waals surface area contributed by atoms with E-state index >= 15 is 0 Å². The molecule has 1 aromatic rings. The van der Waals surface area contributed by atoms with Crippen molar-refractivity contribution in [2.24, 2.45) is 4.99 Å². The quantitative estimate of drug-likeness (QED) is 0.739. The first kappa shape index (κ1) is 12.1. The molecule has 2 aliphatic rings. The fourth-order valence-corrected chi connectivity index (χ4v) is 2.51. The Bertz CT molecular complexity index is 465. The zero-order valence-electron chi connectivity index (χ0n) is 10.4. The second-order valence-corrected chi connectivity index (χ2v) is 4.57. The molecule has 0 bridgehead atoms. The highest BCUT2D eigenvalue weighted by atomic mass is 16.5. The van der Waals surface area contributed by atoms with Gasteiger partial charge in [0.05, 0.1) is 19.3 Å². The molecule has 1 saturated heterocycles. The van der Waals surface area contributed by atoms with Crippen molar-refractivity contribution in [3.63, 3.8) is 0 Å². The molecule has 3 atom stereocenters. The maximum absolute atomic E-state index is 11.1. The number of pyridine rings is 1. The van der Waals surface area contributed by atoms with Gasteiger partial charge >= 0.3 is 0 Å².